The van der Waals surface area contributed by atoms with Gasteiger partial charge < -0.3 is 20.3 Å². The van der Waals surface area contributed by atoms with Crippen LogP contribution in [0.1, 0.15) is 36.9 Å². The van der Waals surface area contributed by atoms with Crippen LogP contribution in [0.2, 0.25) is 0 Å². The van der Waals surface area contributed by atoms with Crippen LogP contribution in [0.15, 0.2) is 78.4 Å². The highest BCUT2D eigenvalue weighted by molar-refractivity contribution is 8.01. The number of thioether (sulfide) groups is 1. The Morgan fingerprint density at radius 1 is 1.23 bits per heavy atom. The summed E-state index contributed by atoms with van der Waals surface area (Å²) >= 11 is 1.28. The van der Waals surface area contributed by atoms with Crippen molar-refractivity contribution in [2.24, 2.45) is 0 Å². The van der Waals surface area contributed by atoms with Crippen molar-refractivity contribution in [2.75, 3.05) is 18.0 Å². The largest absolute Gasteiger partial charge is 0.457 e. The van der Waals surface area contributed by atoms with E-state index in [4.69, 9.17) is 11.6 Å². The van der Waals surface area contributed by atoms with Crippen molar-refractivity contribution in [3.05, 3.63) is 84.5 Å². The molecule has 2 unspecified atom stereocenters. The number of urea groups is 1. The zero-order chi connectivity index (χ0) is 32.2. The van der Waals surface area contributed by atoms with Crippen LogP contribution >= 0.6 is 11.8 Å². The maximum Gasteiger partial charge on any atom is 0.327 e. The molecule has 9 nitrogen and oxygen atoms in total. The van der Waals surface area contributed by atoms with Crippen LogP contribution in [-0.2, 0) is 9.59 Å². The molecule has 1 aromatic heterocycles. The van der Waals surface area contributed by atoms with Gasteiger partial charge in [0.1, 0.15) is 21.8 Å². The molecule has 3 aliphatic rings. The zero-order valence-electron chi connectivity index (χ0n) is 26.6. The van der Waals surface area contributed by atoms with Crippen LogP contribution in [0.4, 0.5) is 16.2 Å². The van der Waals surface area contributed by atoms with Gasteiger partial charge in [-0.05, 0) is 67.8 Å². The summed E-state index contributed by atoms with van der Waals surface area (Å²) in [7, 11) is 0. The van der Waals surface area contributed by atoms with E-state index in [0.29, 0.717) is 35.1 Å². The average molecular weight is 561 g/mol. The number of piperidine rings is 1. The maximum absolute atomic E-state index is 13.6. The van der Waals surface area contributed by atoms with E-state index in [1.54, 1.807) is 42.3 Å². The fourth-order valence-corrected chi connectivity index (χ4v) is 6.56. The Hall–Kier alpha value is -4.31. The molecule has 0 radical (unpaired) electrons. The number of para-hydroxylation sites is 1. The van der Waals surface area contributed by atoms with E-state index in [9.17, 15) is 14.4 Å². The van der Waals surface area contributed by atoms with Crippen molar-refractivity contribution < 1.29 is 26.0 Å². The Kier molecular flexibility index (Phi) is 5.50. The Morgan fingerprint density at radius 2 is 2.05 bits per heavy atom. The molecule has 0 saturated carbocycles. The van der Waals surface area contributed by atoms with E-state index in [1.807, 2.05) is 0 Å². The van der Waals surface area contributed by atoms with Crippen molar-refractivity contribution in [3.63, 3.8) is 0 Å². The number of hydrogen-bond donors (Lipinski definition) is 2. The number of likely N-dealkylation sites (tertiary alicyclic amines) is 1. The fourth-order valence-electron chi connectivity index (χ4n) is 5.32. The second-order valence-corrected chi connectivity index (χ2v) is 10.8. The van der Waals surface area contributed by atoms with Crippen LogP contribution in [0.5, 0.6) is 11.5 Å². The summed E-state index contributed by atoms with van der Waals surface area (Å²) in [6.07, 6.45) is 4.36. The quantitative estimate of drug-likeness (QED) is 0.418. The van der Waals surface area contributed by atoms with Crippen LogP contribution in [0.3, 0.4) is 0 Å². The SMILES string of the molecule is [2H]c1c([2H])c([2H])c(Oc2ccc(N3C(=O)NC4c5c3ccnc5S[C@H]4C(=O)NC3CCCN(C(=O)C=C)C3)c(C)c2)c([2H])c1[2H]. The highest BCUT2D eigenvalue weighted by Gasteiger charge is 2.47. The van der Waals surface area contributed by atoms with Crippen LogP contribution < -0.4 is 20.3 Å². The van der Waals surface area contributed by atoms with Crippen molar-refractivity contribution in [2.45, 2.75) is 42.1 Å². The molecule has 10 heteroatoms. The average Bonchev–Trinajstić information content (AvgIpc) is 3.41. The molecule has 204 valence electrons. The van der Waals surface area contributed by atoms with Gasteiger partial charge in [-0.15, -0.1) is 0 Å². The number of nitrogens with one attached hydrogen (secondary N) is 2. The molecule has 40 heavy (non-hydrogen) atoms. The predicted molar refractivity (Wildman–Crippen MR) is 153 cm³/mol. The van der Waals surface area contributed by atoms with Gasteiger partial charge in [-0.25, -0.2) is 9.78 Å². The van der Waals surface area contributed by atoms with Gasteiger partial charge in [0.05, 0.1) is 24.3 Å². The molecule has 2 N–H and O–H groups in total. The van der Waals surface area contributed by atoms with Crippen molar-refractivity contribution >= 4 is 41.0 Å². The second-order valence-electron chi connectivity index (χ2n) is 9.69. The summed E-state index contributed by atoms with van der Waals surface area (Å²) in [5.74, 6) is -0.485. The van der Waals surface area contributed by atoms with E-state index in [2.05, 4.69) is 22.2 Å². The van der Waals surface area contributed by atoms with Gasteiger partial charge in [0, 0.05) is 30.9 Å². The molecule has 0 bridgehead atoms. The summed E-state index contributed by atoms with van der Waals surface area (Å²) in [6.45, 7) is 6.32. The third kappa shape index (κ3) is 4.79. The molecule has 3 aliphatic heterocycles. The lowest BCUT2D eigenvalue weighted by atomic mass is 9.98. The monoisotopic (exact) mass is 560 g/mol. The number of pyridine rings is 1. The Balaban J connectivity index is 1.24. The Morgan fingerprint density at radius 3 is 2.83 bits per heavy atom. The van der Waals surface area contributed by atoms with Gasteiger partial charge in [-0.2, -0.15) is 0 Å². The van der Waals surface area contributed by atoms with Gasteiger partial charge in [-0.3, -0.25) is 14.5 Å². The number of carbonyl (C=O) groups excluding carboxylic acids is 3. The topological polar surface area (TPSA) is 104 Å². The molecule has 1 saturated heterocycles. The van der Waals surface area contributed by atoms with E-state index < -0.39 is 47.5 Å². The van der Waals surface area contributed by atoms with E-state index in [1.165, 1.54) is 22.7 Å². The number of rotatable bonds is 6. The van der Waals surface area contributed by atoms with Crippen LogP contribution in [-0.4, -0.2) is 52.1 Å². The number of aryl methyl sites for hydroxylation is 1. The number of anilines is 2. The molecule has 3 aromatic rings. The smallest absolute Gasteiger partial charge is 0.327 e. The number of nitrogens with zero attached hydrogens (tertiary/aromatic N) is 3. The van der Waals surface area contributed by atoms with Gasteiger partial charge in [-0.1, -0.05) is 36.5 Å². The van der Waals surface area contributed by atoms with Gasteiger partial charge in [0.25, 0.3) is 0 Å². The standard InChI is InChI=1S/C30H29N5O4S/c1-3-24(36)34-15-7-8-19(17-34)32-28(37)27-26-25-23(13-14-31-29(25)40-27)35(30(38)33-26)22-12-11-21(16-18(22)2)39-20-9-5-4-6-10-20/h3-6,9-14,16,19,26-27H,1,7-8,15,17H2,2H3,(H,32,37)(H,33,38)/t19?,26?,27-/m1/s1/i4D,5D,6D,9D,10D. The number of hydrogen-bond acceptors (Lipinski definition) is 6. The molecule has 4 heterocycles. The van der Waals surface area contributed by atoms with Crippen LogP contribution in [0.25, 0.3) is 0 Å². The van der Waals surface area contributed by atoms with Gasteiger partial charge >= 0.3 is 6.03 Å². The number of benzene rings is 2. The normalized spacial score (nSPS) is 23.1. The third-order valence-electron chi connectivity index (χ3n) is 7.12. The second kappa shape index (κ2) is 10.7. The number of ether oxygens (including phenoxy) is 1. The summed E-state index contributed by atoms with van der Waals surface area (Å²) in [5, 5.41) is 6.04. The predicted octanol–water partition coefficient (Wildman–Crippen LogP) is 4.85. The summed E-state index contributed by atoms with van der Waals surface area (Å²) in [5.41, 5.74) is 2.46. The van der Waals surface area contributed by atoms with E-state index in [-0.39, 0.29) is 29.4 Å². The number of amides is 4. The molecule has 6 rings (SSSR count). The van der Waals surface area contributed by atoms with E-state index >= 15 is 0 Å². The lowest BCUT2D eigenvalue weighted by Crippen LogP contribution is -2.53. The third-order valence-corrected chi connectivity index (χ3v) is 8.41. The Labute approximate surface area is 243 Å². The minimum Gasteiger partial charge on any atom is -0.457 e. The first-order valence-electron chi connectivity index (χ1n) is 15.3. The highest BCUT2D eigenvalue weighted by Crippen LogP contribution is 2.51. The summed E-state index contributed by atoms with van der Waals surface area (Å²) in [6, 6.07) is 2.85. The number of aromatic nitrogens is 1. The fraction of sp³-hybridized carbons (Fsp3) is 0.267. The minimum absolute atomic E-state index is 0.172. The zero-order valence-corrected chi connectivity index (χ0v) is 22.4. The molecule has 4 amide bonds. The van der Waals surface area contributed by atoms with Gasteiger partial charge in [0.15, 0.2) is 0 Å². The molecule has 0 spiro atoms. The molecular formula is C30H29N5O4S. The molecule has 0 aliphatic carbocycles. The summed E-state index contributed by atoms with van der Waals surface area (Å²) < 4.78 is 45.6. The first kappa shape index (κ1) is 20.6. The molecule has 2 aromatic carbocycles. The molecular weight excluding hydrogens is 526 g/mol. The van der Waals surface area contributed by atoms with Crippen molar-refractivity contribution in [1.82, 2.24) is 20.5 Å². The van der Waals surface area contributed by atoms with Crippen molar-refractivity contribution in [3.8, 4) is 11.5 Å². The molecule has 1 fully saturated rings. The van der Waals surface area contributed by atoms with Gasteiger partial charge in [0.2, 0.25) is 11.8 Å². The summed E-state index contributed by atoms with van der Waals surface area (Å²) in [4.78, 5) is 46.9. The lowest BCUT2D eigenvalue weighted by Gasteiger charge is -2.36. The number of carbonyl (C=O) groups is 3. The Bertz CT molecular complexity index is 1750. The highest BCUT2D eigenvalue weighted by atomic mass is 32.2. The first-order chi connectivity index (χ1) is 21.5. The maximum atomic E-state index is 13.6. The van der Waals surface area contributed by atoms with Crippen LogP contribution in [0, 0.1) is 6.92 Å². The molecule has 3 atom stereocenters. The van der Waals surface area contributed by atoms with E-state index in [0.717, 1.165) is 18.4 Å². The first-order valence-corrected chi connectivity index (χ1v) is 13.7. The minimum atomic E-state index is -0.654. The lowest BCUT2D eigenvalue weighted by molar-refractivity contribution is -0.129. The van der Waals surface area contributed by atoms with Crippen molar-refractivity contribution in [1.29, 1.82) is 0 Å².